The molecule has 2 heterocycles. The molecule has 1 saturated heterocycles. The summed E-state index contributed by atoms with van der Waals surface area (Å²) >= 11 is 0. The monoisotopic (exact) mass is 268 g/mol. The van der Waals surface area contributed by atoms with E-state index in [0.29, 0.717) is 0 Å². The van der Waals surface area contributed by atoms with Gasteiger partial charge in [0.1, 0.15) is 0 Å². The van der Waals surface area contributed by atoms with Gasteiger partial charge in [-0.05, 0) is 43.4 Å². The molecule has 1 aliphatic rings. The Labute approximate surface area is 119 Å². The normalized spacial score (nSPS) is 18.9. The second-order valence-electron chi connectivity index (χ2n) is 5.26. The van der Waals surface area contributed by atoms with Crippen molar-refractivity contribution in [3.8, 4) is 11.3 Å². The lowest BCUT2D eigenvalue weighted by Crippen LogP contribution is -2.20. The van der Waals surface area contributed by atoms with Crippen LogP contribution in [0.25, 0.3) is 17.3 Å². The number of hydrogen-bond donors (Lipinski definition) is 0. The quantitative estimate of drug-likeness (QED) is 0.834. The smallest absolute Gasteiger partial charge is 0.150 e. The summed E-state index contributed by atoms with van der Waals surface area (Å²) in [6.07, 6.45) is 5.33. The van der Waals surface area contributed by atoms with Crippen molar-refractivity contribution in [2.24, 2.45) is 0 Å². The fraction of sp³-hybridized carbons (Fsp3) is 0.353. The maximum absolute atomic E-state index is 5.87. The number of rotatable bonds is 3. The Morgan fingerprint density at radius 1 is 1.30 bits per heavy atom. The molecule has 0 bridgehead atoms. The van der Waals surface area contributed by atoms with Crippen molar-refractivity contribution in [2.45, 2.75) is 32.4 Å². The van der Waals surface area contributed by atoms with Gasteiger partial charge in [0.15, 0.2) is 6.23 Å². The van der Waals surface area contributed by atoms with E-state index in [1.165, 1.54) is 12.0 Å². The summed E-state index contributed by atoms with van der Waals surface area (Å²) in [7, 11) is 0. The van der Waals surface area contributed by atoms with Crippen molar-refractivity contribution < 1.29 is 4.74 Å². The highest BCUT2D eigenvalue weighted by Gasteiger charge is 2.20. The maximum atomic E-state index is 5.87. The van der Waals surface area contributed by atoms with Crippen LogP contribution in [-0.4, -0.2) is 16.4 Å². The molecule has 2 aromatic rings. The molecule has 3 nitrogen and oxygen atoms in total. The number of ether oxygens (including phenoxy) is 1. The highest BCUT2D eigenvalue weighted by molar-refractivity contribution is 5.63. The van der Waals surface area contributed by atoms with Crippen LogP contribution in [0.1, 0.15) is 36.7 Å². The topological polar surface area (TPSA) is 27.1 Å². The van der Waals surface area contributed by atoms with E-state index in [2.05, 4.69) is 42.0 Å². The summed E-state index contributed by atoms with van der Waals surface area (Å²) in [5.41, 5.74) is 4.46. The minimum absolute atomic E-state index is 0.0755. The van der Waals surface area contributed by atoms with Crippen LogP contribution in [0.2, 0.25) is 0 Å². The molecule has 0 radical (unpaired) electrons. The molecular formula is C17H20N2O. The third-order valence-electron chi connectivity index (χ3n) is 3.73. The predicted molar refractivity (Wildman–Crippen MR) is 81.3 cm³/mol. The Bertz CT molecular complexity index is 592. The van der Waals surface area contributed by atoms with E-state index in [1.54, 1.807) is 0 Å². The average Bonchev–Trinajstić information content (AvgIpc) is 2.90. The Morgan fingerprint density at radius 3 is 2.75 bits per heavy atom. The fourth-order valence-electron chi connectivity index (χ4n) is 2.66. The van der Waals surface area contributed by atoms with Gasteiger partial charge in [0.2, 0.25) is 0 Å². The van der Waals surface area contributed by atoms with Crippen LogP contribution in [0.15, 0.2) is 36.9 Å². The average molecular weight is 268 g/mol. The Hall–Kier alpha value is -1.87. The van der Waals surface area contributed by atoms with Gasteiger partial charge in [0, 0.05) is 6.61 Å². The molecule has 1 unspecified atom stereocenters. The van der Waals surface area contributed by atoms with E-state index in [-0.39, 0.29) is 6.23 Å². The molecule has 0 saturated carbocycles. The molecule has 0 N–H and O–H groups in total. The maximum Gasteiger partial charge on any atom is 0.150 e. The summed E-state index contributed by atoms with van der Waals surface area (Å²) < 4.78 is 7.91. The van der Waals surface area contributed by atoms with Gasteiger partial charge < -0.3 is 4.74 Å². The Morgan fingerprint density at radius 2 is 2.10 bits per heavy atom. The van der Waals surface area contributed by atoms with Gasteiger partial charge in [0.25, 0.3) is 0 Å². The molecular weight excluding hydrogens is 248 g/mol. The lowest BCUT2D eigenvalue weighted by molar-refractivity contribution is -0.0385. The van der Waals surface area contributed by atoms with E-state index in [9.17, 15) is 0 Å². The highest BCUT2D eigenvalue weighted by atomic mass is 16.5. The van der Waals surface area contributed by atoms with Crippen LogP contribution in [0, 0.1) is 6.92 Å². The third-order valence-corrected chi connectivity index (χ3v) is 3.73. The van der Waals surface area contributed by atoms with Gasteiger partial charge in [-0.1, -0.05) is 36.9 Å². The third kappa shape index (κ3) is 2.54. The predicted octanol–water partition coefficient (Wildman–Crippen LogP) is 4.20. The summed E-state index contributed by atoms with van der Waals surface area (Å²) in [4.78, 5) is 0. The number of nitrogens with zero attached hydrogens (tertiary/aromatic N) is 2. The fourth-order valence-corrected chi connectivity index (χ4v) is 2.66. The second kappa shape index (κ2) is 5.63. The Balaban J connectivity index is 1.97. The number of aromatic nitrogens is 2. The molecule has 1 aromatic heterocycles. The largest absolute Gasteiger partial charge is 0.356 e. The van der Waals surface area contributed by atoms with Crippen LogP contribution in [0.3, 0.4) is 0 Å². The van der Waals surface area contributed by atoms with Crippen LogP contribution in [-0.2, 0) is 4.74 Å². The first kappa shape index (κ1) is 13.1. The van der Waals surface area contributed by atoms with E-state index < -0.39 is 0 Å². The Kier molecular flexibility index (Phi) is 3.70. The van der Waals surface area contributed by atoms with Crippen LogP contribution in [0.5, 0.6) is 0 Å². The number of aryl methyl sites for hydroxylation is 1. The van der Waals surface area contributed by atoms with Crippen molar-refractivity contribution >= 4 is 6.08 Å². The van der Waals surface area contributed by atoms with Crippen molar-refractivity contribution in [3.05, 3.63) is 48.2 Å². The van der Waals surface area contributed by atoms with E-state index in [0.717, 1.165) is 36.4 Å². The molecule has 1 aliphatic heterocycles. The van der Waals surface area contributed by atoms with Crippen molar-refractivity contribution in [2.75, 3.05) is 6.61 Å². The van der Waals surface area contributed by atoms with Crippen LogP contribution < -0.4 is 0 Å². The zero-order valence-electron chi connectivity index (χ0n) is 11.9. The summed E-state index contributed by atoms with van der Waals surface area (Å²) in [5.74, 6) is 0. The summed E-state index contributed by atoms with van der Waals surface area (Å²) in [6.45, 7) is 6.65. The van der Waals surface area contributed by atoms with Gasteiger partial charge in [-0.15, -0.1) is 0 Å². The zero-order chi connectivity index (χ0) is 13.9. The first-order valence-electron chi connectivity index (χ1n) is 7.18. The zero-order valence-corrected chi connectivity index (χ0v) is 11.9. The van der Waals surface area contributed by atoms with Gasteiger partial charge >= 0.3 is 0 Å². The first-order chi connectivity index (χ1) is 9.78. The molecule has 0 spiro atoms. The van der Waals surface area contributed by atoms with E-state index in [1.807, 2.05) is 17.7 Å². The standard InChI is InChI=1S/C17H20N2O/c1-3-14-7-9-15(10-8-14)16-12-13(2)18-19(16)17-6-4-5-11-20-17/h3,7-10,12,17H,1,4-6,11H2,2H3. The highest BCUT2D eigenvalue weighted by Crippen LogP contribution is 2.29. The second-order valence-corrected chi connectivity index (χ2v) is 5.26. The number of hydrogen-bond acceptors (Lipinski definition) is 2. The van der Waals surface area contributed by atoms with Gasteiger partial charge in [-0.25, -0.2) is 4.68 Å². The van der Waals surface area contributed by atoms with Crippen molar-refractivity contribution in [3.63, 3.8) is 0 Å². The molecule has 1 fully saturated rings. The molecule has 3 rings (SSSR count). The molecule has 0 aliphatic carbocycles. The summed E-state index contributed by atoms with van der Waals surface area (Å²) in [5, 5.41) is 4.62. The summed E-state index contributed by atoms with van der Waals surface area (Å²) in [6, 6.07) is 10.5. The first-order valence-corrected chi connectivity index (χ1v) is 7.18. The van der Waals surface area contributed by atoms with Gasteiger partial charge in [-0.2, -0.15) is 5.10 Å². The SMILES string of the molecule is C=Cc1ccc(-c2cc(C)nn2C2CCCCO2)cc1. The van der Waals surface area contributed by atoms with Gasteiger partial charge in [-0.3, -0.25) is 0 Å². The van der Waals surface area contributed by atoms with Crippen molar-refractivity contribution in [1.29, 1.82) is 0 Å². The van der Waals surface area contributed by atoms with Crippen molar-refractivity contribution in [1.82, 2.24) is 9.78 Å². The molecule has 104 valence electrons. The minimum Gasteiger partial charge on any atom is -0.356 e. The molecule has 20 heavy (non-hydrogen) atoms. The lowest BCUT2D eigenvalue weighted by atomic mass is 10.1. The van der Waals surface area contributed by atoms with Crippen LogP contribution >= 0.6 is 0 Å². The van der Waals surface area contributed by atoms with Gasteiger partial charge in [0.05, 0.1) is 11.4 Å². The van der Waals surface area contributed by atoms with E-state index >= 15 is 0 Å². The molecule has 3 heteroatoms. The van der Waals surface area contributed by atoms with E-state index in [4.69, 9.17) is 4.74 Å². The minimum atomic E-state index is 0.0755. The molecule has 1 aromatic carbocycles. The molecule has 0 amide bonds. The van der Waals surface area contributed by atoms with Crippen LogP contribution in [0.4, 0.5) is 0 Å². The molecule has 1 atom stereocenters. The lowest BCUT2D eigenvalue weighted by Gasteiger charge is -2.24. The number of benzene rings is 1.